The SMILES string of the molecule is CCOc1ccc(C(=O)N/N=C/c2cc(Br)cc(Br)c2OS(=O)(=O)c2ccc(Cl)cc2)cc1OC. The van der Waals surface area contributed by atoms with Crippen LogP contribution in [0, 0.1) is 0 Å². The van der Waals surface area contributed by atoms with Gasteiger partial charge in [0.2, 0.25) is 0 Å². The predicted octanol–water partition coefficient (Wildman–Crippen LogP) is 5.80. The topological polar surface area (TPSA) is 103 Å². The molecule has 8 nitrogen and oxygen atoms in total. The van der Waals surface area contributed by atoms with E-state index in [1.54, 1.807) is 24.3 Å². The largest absolute Gasteiger partial charge is 0.493 e. The summed E-state index contributed by atoms with van der Waals surface area (Å²) in [6.07, 6.45) is 1.27. The fourth-order valence-corrected chi connectivity index (χ4v) is 5.38. The molecule has 0 aliphatic heterocycles. The van der Waals surface area contributed by atoms with Gasteiger partial charge in [-0.2, -0.15) is 13.5 Å². The van der Waals surface area contributed by atoms with E-state index < -0.39 is 16.0 Å². The van der Waals surface area contributed by atoms with Crippen molar-refractivity contribution < 1.29 is 26.9 Å². The van der Waals surface area contributed by atoms with Gasteiger partial charge < -0.3 is 13.7 Å². The van der Waals surface area contributed by atoms with Crippen molar-refractivity contribution >= 4 is 65.7 Å². The molecule has 3 aromatic rings. The summed E-state index contributed by atoms with van der Waals surface area (Å²) in [6.45, 7) is 2.29. The lowest BCUT2D eigenvalue weighted by Crippen LogP contribution is -2.18. The third-order valence-corrected chi connectivity index (χ3v) is 6.96. The second kappa shape index (κ2) is 11.9. The van der Waals surface area contributed by atoms with Crippen molar-refractivity contribution in [2.24, 2.45) is 5.10 Å². The number of carbonyl (C=O) groups excluding carboxylic acids is 1. The van der Waals surface area contributed by atoms with E-state index in [9.17, 15) is 13.2 Å². The highest BCUT2D eigenvalue weighted by Gasteiger charge is 2.21. The van der Waals surface area contributed by atoms with E-state index in [0.717, 1.165) is 0 Å². The van der Waals surface area contributed by atoms with E-state index in [-0.39, 0.29) is 16.2 Å². The normalized spacial score (nSPS) is 11.3. The molecule has 184 valence electrons. The molecular formula is C23H19Br2ClN2O6S. The van der Waals surface area contributed by atoms with Gasteiger partial charge in [0.15, 0.2) is 17.2 Å². The van der Waals surface area contributed by atoms with Crippen LogP contribution in [0.3, 0.4) is 0 Å². The molecule has 0 aromatic heterocycles. The Morgan fingerprint density at radius 2 is 1.80 bits per heavy atom. The zero-order valence-corrected chi connectivity index (χ0v) is 23.2. The van der Waals surface area contributed by atoms with Crippen LogP contribution in [0.15, 0.2) is 73.5 Å². The molecule has 0 atom stereocenters. The number of halogens is 3. The quantitative estimate of drug-likeness (QED) is 0.179. The van der Waals surface area contributed by atoms with Crippen molar-refractivity contribution in [3.05, 3.63) is 79.7 Å². The molecule has 0 aliphatic rings. The monoisotopic (exact) mass is 644 g/mol. The standard InChI is InChI=1S/C23H19Br2ClN2O6S/c1-3-33-20-9-4-14(11-21(20)32-2)23(29)28-27-13-15-10-16(24)12-19(25)22(15)34-35(30,31)18-7-5-17(26)6-8-18/h4-13H,3H2,1-2H3,(H,28,29)/b27-13+. The zero-order valence-electron chi connectivity index (χ0n) is 18.4. The number of nitrogens with zero attached hydrogens (tertiary/aromatic N) is 1. The lowest BCUT2D eigenvalue weighted by atomic mass is 10.2. The number of hydrazone groups is 1. The molecule has 0 aliphatic carbocycles. The van der Waals surface area contributed by atoms with E-state index in [4.69, 9.17) is 25.3 Å². The average molecular weight is 647 g/mol. The molecular weight excluding hydrogens is 628 g/mol. The van der Waals surface area contributed by atoms with Crippen LogP contribution >= 0.6 is 43.5 Å². The zero-order chi connectivity index (χ0) is 25.6. The van der Waals surface area contributed by atoms with Gasteiger partial charge in [0.1, 0.15) is 4.90 Å². The average Bonchev–Trinajstić information content (AvgIpc) is 2.81. The van der Waals surface area contributed by atoms with Crippen LogP contribution in [0.25, 0.3) is 0 Å². The summed E-state index contributed by atoms with van der Waals surface area (Å²) in [5.74, 6) is 0.400. The number of benzene rings is 3. The first-order chi connectivity index (χ1) is 16.6. The number of hydrogen-bond acceptors (Lipinski definition) is 7. The maximum atomic E-state index is 12.8. The molecule has 0 spiro atoms. The van der Waals surface area contributed by atoms with Crippen LogP contribution in [-0.4, -0.2) is 34.3 Å². The van der Waals surface area contributed by atoms with Crippen molar-refractivity contribution in [1.82, 2.24) is 5.43 Å². The number of nitrogens with one attached hydrogen (secondary N) is 1. The molecule has 0 fully saturated rings. The van der Waals surface area contributed by atoms with Crippen LogP contribution in [0.4, 0.5) is 0 Å². The van der Waals surface area contributed by atoms with Crippen LogP contribution in [0.1, 0.15) is 22.8 Å². The maximum absolute atomic E-state index is 12.8. The van der Waals surface area contributed by atoms with E-state index in [1.165, 1.54) is 43.7 Å². The summed E-state index contributed by atoms with van der Waals surface area (Å²) in [5, 5.41) is 4.35. The first kappa shape index (κ1) is 27.0. The summed E-state index contributed by atoms with van der Waals surface area (Å²) in [6, 6.07) is 13.5. The Morgan fingerprint density at radius 1 is 1.09 bits per heavy atom. The van der Waals surface area contributed by atoms with Crippen molar-refractivity contribution in [2.75, 3.05) is 13.7 Å². The van der Waals surface area contributed by atoms with Gasteiger partial charge in [-0.15, -0.1) is 0 Å². The molecule has 0 saturated heterocycles. The molecule has 0 heterocycles. The molecule has 0 radical (unpaired) electrons. The molecule has 35 heavy (non-hydrogen) atoms. The summed E-state index contributed by atoms with van der Waals surface area (Å²) in [4.78, 5) is 12.5. The summed E-state index contributed by atoms with van der Waals surface area (Å²) < 4.78 is 42.6. The van der Waals surface area contributed by atoms with E-state index >= 15 is 0 Å². The Bertz CT molecular complexity index is 1370. The van der Waals surface area contributed by atoms with Crippen molar-refractivity contribution in [2.45, 2.75) is 11.8 Å². The van der Waals surface area contributed by atoms with E-state index in [1.807, 2.05) is 6.92 Å². The summed E-state index contributed by atoms with van der Waals surface area (Å²) in [7, 11) is -2.69. The minimum Gasteiger partial charge on any atom is -0.493 e. The third kappa shape index (κ3) is 6.97. The number of ether oxygens (including phenoxy) is 2. The highest BCUT2D eigenvalue weighted by atomic mass is 79.9. The minimum absolute atomic E-state index is 0.0103. The number of methoxy groups -OCH3 is 1. The Balaban J connectivity index is 1.83. The van der Waals surface area contributed by atoms with Gasteiger partial charge in [0.25, 0.3) is 5.91 Å². The van der Waals surface area contributed by atoms with Crippen molar-refractivity contribution in [3.8, 4) is 17.2 Å². The third-order valence-electron chi connectivity index (χ3n) is 4.43. The second-order valence-electron chi connectivity index (χ2n) is 6.80. The number of carbonyl (C=O) groups is 1. The van der Waals surface area contributed by atoms with E-state index in [0.29, 0.717) is 37.6 Å². The van der Waals surface area contributed by atoms with Gasteiger partial charge in [-0.05, 0) is 77.5 Å². The minimum atomic E-state index is -4.17. The first-order valence-electron chi connectivity index (χ1n) is 9.98. The number of amides is 1. The van der Waals surface area contributed by atoms with Crippen LogP contribution in [0.5, 0.6) is 17.2 Å². The van der Waals surface area contributed by atoms with Gasteiger partial charge in [0, 0.05) is 20.6 Å². The molecule has 12 heteroatoms. The summed E-state index contributed by atoms with van der Waals surface area (Å²) >= 11 is 12.5. The first-order valence-corrected chi connectivity index (χ1v) is 13.3. The molecule has 0 bridgehead atoms. The smallest absolute Gasteiger partial charge is 0.339 e. The van der Waals surface area contributed by atoms with Gasteiger partial charge >= 0.3 is 10.1 Å². The van der Waals surface area contributed by atoms with Gasteiger partial charge in [-0.25, -0.2) is 5.43 Å². The Hall–Kier alpha value is -2.60. The number of rotatable bonds is 9. The Kier molecular flexibility index (Phi) is 9.17. The Morgan fingerprint density at radius 3 is 2.46 bits per heavy atom. The second-order valence-corrected chi connectivity index (χ2v) is 10.5. The van der Waals surface area contributed by atoms with Crippen LogP contribution in [-0.2, 0) is 10.1 Å². The fraction of sp³-hybridized carbons (Fsp3) is 0.130. The Labute approximate surface area is 224 Å². The van der Waals surface area contributed by atoms with Crippen molar-refractivity contribution in [1.29, 1.82) is 0 Å². The molecule has 3 aromatic carbocycles. The van der Waals surface area contributed by atoms with Gasteiger partial charge in [-0.1, -0.05) is 27.5 Å². The maximum Gasteiger partial charge on any atom is 0.339 e. The van der Waals surface area contributed by atoms with Crippen LogP contribution in [0.2, 0.25) is 5.02 Å². The molecule has 0 unspecified atom stereocenters. The highest BCUT2D eigenvalue weighted by molar-refractivity contribution is 9.11. The van der Waals surface area contributed by atoms with Crippen LogP contribution < -0.4 is 19.1 Å². The van der Waals surface area contributed by atoms with E-state index in [2.05, 4.69) is 42.4 Å². The van der Waals surface area contributed by atoms with Crippen molar-refractivity contribution in [3.63, 3.8) is 0 Å². The summed E-state index contributed by atoms with van der Waals surface area (Å²) in [5.41, 5.74) is 2.98. The lowest BCUT2D eigenvalue weighted by Gasteiger charge is -2.12. The van der Waals surface area contributed by atoms with Gasteiger partial charge in [-0.3, -0.25) is 4.79 Å². The van der Waals surface area contributed by atoms with Gasteiger partial charge in [0.05, 0.1) is 24.4 Å². The molecule has 1 amide bonds. The lowest BCUT2D eigenvalue weighted by molar-refractivity contribution is 0.0954. The molecule has 0 saturated carbocycles. The fourth-order valence-electron chi connectivity index (χ4n) is 2.83. The molecule has 1 N–H and O–H groups in total. The molecule has 3 rings (SSSR count). The predicted molar refractivity (Wildman–Crippen MR) is 140 cm³/mol. The highest BCUT2D eigenvalue weighted by Crippen LogP contribution is 2.34. The number of hydrogen-bond donors (Lipinski definition) is 1.